The summed E-state index contributed by atoms with van der Waals surface area (Å²) in [6.07, 6.45) is 1.77. The predicted molar refractivity (Wildman–Crippen MR) is 89.8 cm³/mol. The van der Waals surface area contributed by atoms with Gasteiger partial charge in [-0.2, -0.15) is 0 Å². The molecule has 3 rings (SSSR count). The average Bonchev–Trinajstić information content (AvgIpc) is 2.84. The second-order valence-electron chi connectivity index (χ2n) is 6.59. The second kappa shape index (κ2) is 6.36. The zero-order valence-corrected chi connectivity index (χ0v) is 14.3. The molecular formula is C18H23N3O3. The van der Waals surface area contributed by atoms with E-state index in [4.69, 9.17) is 0 Å². The van der Waals surface area contributed by atoms with E-state index in [0.29, 0.717) is 30.3 Å². The fraction of sp³-hybridized carbons (Fsp3) is 0.500. The highest BCUT2D eigenvalue weighted by Gasteiger charge is 2.42. The zero-order valence-electron chi connectivity index (χ0n) is 14.3. The molecule has 0 saturated carbocycles. The molecule has 1 aromatic rings. The number of carbonyl (C=O) groups is 3. The third-order valence-electron chi connectivity index (χ3n) is 5.03. The summed E-state index contributed by atoms with van der Waals surface area (Å²) >= 11 is 0. The molecule has 128 valence electrons. The minimum absolute atomic E-state index is 0.157. The minimum atomic E-state index is -0.774. The quantitative estimate of drug-likeness (QED) is 0.846. The fourth-order valence-electron chi connectivity index (χ4n) is 3.49. The Kier molecular flexibility index (Phi) is 4.41. The van der Waals surface area contributed by atoms with E-state index in [-0.39, 0.29) is 17.7 Å². The van der Waals surface area contributed by atoms with Crippen LogP contribution in [0.1, 0.15) is 46.0 Å². The van der Waals surface area contributed by atoms with E-state index < -0.39 is 6.04 Å². The highest BCUT2D eigenvalue weighted by molar-refractivity contribution is 6.22. The van der Waals surface area contributed by atoms with Crippen LogP contribution < -0.4 is 5.32 Å². The van der Waals surface area contributed by atoms with Crippen LogP contribution in [0.4, 0.5) is 0 Å². The van der Waals surface area contributed by atoms with Gasteiger partial charge >= 0.3 is 0 Å². The summed E-state index contributed by atoms with van der Waals surface area (Å²) < 4.78 is 0. The topological polar surface area (TPSA) is 69.7 Å². The average molecular weight is 329 g/mol. The van der Waals surface area contributed by atoms with Gasteiger partial charge in [-0.05, 0) is 45.9 Å². The SMILES string of the molecule is CNC1CCN(C(=O)C(C)N2C(=O)c3ccc(C)cc3C2=O)CC1. The van der Waals surface area contributed by atoms with Crippen LogP contribution in [0.15, 0.2) is 18.2 Å². The van der Waals surface area contributed by atoms with Crippen LogP contribution in [-0.2, 0) is 4.79 Å². The Labute approximate surface area is 141 Å². The first-order valence-corrected chi connectivity index (χ1v) is 8.38. The van der Waals surface area contributed by atoms with Gasteiger partial charge in [-0.3, -0.25) is 19.3 Å². The van der Waals surface area contributed by atoms with Crippen LogP contribution in [0.5, 0.6) is 0 Å². The Morgan fingerprint density at radius 2 is 1.79 bits per heavy atom. The Morgan fingerprint density at radius 1 is 1.17 bits per heavy atom. The molecule has 1 saturated heterocycles. The largest absolute Gasteiger partial charge is 0.341 e. The Balaban J connectivity index is 1.76. The molecule has 1 unspecified atom stereocenters. The molecule has 3 amide bonds. The molecule has 1 fully saturated rings. The van der Waals surface area contributed by atoms with Gasteiger partial charge in [-0.25, -0.2) is 0 Å². The van der Waals surface area contributed by atoms with E-state index in [0.717, 1.165) is 23.3 Å². The smallest absolute Gasteiger partial charge is 0.262 e. The number of imide groups is 1. The number of nitrogens with zero attached hydrogens (tertiary/aromatic N) is 2. The van der Waals surface area contributed by atoms with E-state index in [1.807, 2.05) is 20.0 Å². The molecule has 1 aromatic carbocycles. The second-order valence-corrected chi connectivity index (χ2v) is 6.59. The highest BCUT2D eigenvalue weighted by Crippen LogP contribution is 2.26. The number of fused-ring (bicyclic) bond motifs is 1. The molecule has 2 aliphatic heterocycles. The van der Waals surface area contributed by atoms with Crippen molar-refractivity contribution in [3.05, 3.63) is 34.9 Å². The number of piperidine rings is 1. The zero-order chi connectivity index (χ0) is 17.4. The molecule has 1 N–H and O–H groups in total. The van der Waals surface area contributed by atoms with E-state index in [2.05, 4.69) is 5.32 Å². The van der Waals surface area contributed by atoms with Crippen molar-refractivity contribution in [2.45, 2.75) is 38.8 Å². The summed E-state index contributed by atoms with van der Waals surface area (Å²) in [5, 5.41) is 3.22. The number of hydrogen-bond acceptors (Lipinski definition) is 4. The number of aryl methyl sites for hydroxylation is 1. The van der Waals surface area contributed by atoms with E-state index >= 15 is 0 Å². The van der Waals surface area contributed by atoms with Crippen molar-refractivity contribution < 1.29 is 14.4 Å². The number of amides is 3. The lowest BCUT2D eigenvalue weighted by molar-refractivity contribution is -0.136. The summed E-state index contributed by atoms with van der Waals surface area (Å²) in [5.41, 5.74) is 1.71. The first-order valence-electron chi connectivity index (χ1n) is 8.38. The van der Waals surface area contributed by atoms with Crippen molar-refractivity contribution in [1.29, 1.82) is 0 Å². The van der Waals surface area contributed by atoms with Gasteiger partial charge in [0, 0.05) is 19.1 Å². The maximum atomic E-state index is 12.7. The molecule has 0 aromatic heterocycles. The van der Waals surface area contributed by atoms with Crippen LogP contribution >= 0.6 is 0 Å². The summed E-state index contributed by atoms with van der Waals surface area (Å²) in [5.74, 6) is -0.901. The molecule has 6 heteroatoms. The number of benzene rings is 1. The fourth-order valence-corrected chi connectivity index (χ4v) is 3.49. The molecular weight excluding hydrogens is 306 g/mol. The Hall–Kier alpha value is -2.21. The normalized spacial score (nSPS) is 19.6. The van der Waals surface area contributed by atoms with Crippen LogP contribution in [0.25, 0.3) is 0 Å². The molecule has 2 aliphatic rings. The van der Waals surface area contributed by atoms with E-state index in [9.17, 15) is 14.4 Å². The number of likely N-dealkylation sites (tertiary alicyclic amines) is 1. The maximum absolute atomic E-state index is 12.7. The molecule has 2 heterocycles. The van der Waals surface area contributed by atoms with Gasteiger partial charge < -0.3 is 10.2 Å². The van der Waals surface area contributed by atoms with Gasteiger partial charge in [0.15, 0.2) is 0 Å². The lowest BCUT2D eigenvalue weighted by atomic mass is 10.0. The summed E-state index contributed by atoms with van der Waals surface area (Å²) in [6.45, 7) is 4.82. The first-order chi connectivity index (χ1) is 11.4. The minimum Gasteiger partial charge on any atom is -0.341 e. The first kappa shape index (κ1) is 16.6. The van der Waals surface area contributed by atoms with Crippen molar-refractivity contribution in [2.75, 3.05) is 20.1 Å². The van der Waals surface area contributed by atoms with Crippen molar-refractivity contribution in [1.82, 2.24) is 15.1 Å². The molecule has 0 bridgehead atoms. The van der Waals surface area contributed by atoms with Crippen LogP contribution in [0, 0.1) is 6.92 Å². The summed E-state index contributed by atoms with van der Waals surface area (Å²) in [4.78, 5) is 40.8. The van der Waals surface area contributed by atoms with Crippen LogP contribution in [0.3, 0.4) is 0 Å². The van der Waals surface area contributed by atoms with Crippen LogP contribution in [0.2, 0.25) is 0 Å². The Bertz CT molecular complexity index is 693. The number of nitrogens with one attached hydrogen (secondary N) is 1. The molecule has 0 aliphatic carbocycles. The molecule has 6 nitrogen and oxygen atoms in total. The van der Waals surface area contributed by atoms with E-state index in [1.54, 1.807) is 24.0 Å². The van der Waals surface area contributed by atoms with Gasteiger partial charge in [-0.15, -0.1) is 0 Å². The number of rotatable bonds is 3. The van der Waals surface area contributed by atoms with Crippen molar-refractivity contribution in [2.24, 2.45) is 0 Å². The third kappa shape index (κ3) is 2.71. The van der Waals surface area contributed by atoms with Gasteiger partial charge in [0.2, 0.25) is 5.91 Å². The van der Waals surface area contributed by atoms with Gasteiger partial charge in [0.1, 0.15) is 6.04 Å². The van der Waals surface area contributed by atoms with E-state index in [1.165, 1.54) is 0 Å². The van der Waals surface area contributed by atoms with Crippen molar-refractivity contribution in [3.8, 4) is 0 Å². The standard InChI is InChI=1S/C18H23N3O3/c1-11-4-5-14-15(10-11)18(24)21(17(14)23)12(2)16(22)20-8-6-13(19-3)7-9-20/h4-5,10,12-13,19H,6-9H2,1-3H3. The number of carbonyl (C=O) groups excluding carboxylic acids is 3. The monoisotopic (exact) mass is 329 g/mol. The molecule has 0 spiro atoms. The maximum Gasteiger partial charge on any atom is 0.262 e. The third-order valence-corrected chi connectivity index (χ3v) is 5.03. The van der Waals surface area contributed by atoms with Crippen LogP contribution in [-0.4, -0.2) is 59.7 Å². The van der Waals surface area contributed by atoms with Crippen molar-refractivity contribution in [3.63, 3.8) is 0 Å². The molecule has 1 atom stereocenters. The highest BCUT2D eigenvalue weighted by atomic mass is 16.2. The van der Waals surface area contributed by atoms with Gasteiger partial charge in [-0.1, -0.05) is 11.6 Å². The lowest BCUT2D eigenvalue weighted by Gasteiger charge is -2.35. The van der Waals surface area contributed by atoms with Crippen molar-refractivity contribution >= 4 is 17.7 Å². The summed E-state index contributed by atoms with van der Waals surface area (Å²) in [7, 11) is 1.92. The summed E-state index contributed by atoms with van der Waals surface area (Å²) in [6, 6.07) is 4.84. The molecule has 0 radical (unpaired) electrons. The molecule has 24 heavy (non-hydrogen) atoms. The van der Waals surface area contributed by atoms with Gasteiger partial charge in [0.25, 0.3) is 11.8 Å². The predicted octanol–water partition coefficient (Wildman–Crippen LogP) is 1.19. The van der Waals surface area contributed by atoms with Gasteiger partial charge in [0.05, 0.1) is 11.1 Å². The number of hydrogen-bond donors (Lipinski definition) is 1. The lowest BCUT2D eigenvalue weighted by Crippen LogP contribution is -2.52. The Morgan fingerprint density at radius 3 is 2.42 bits per heavy atom.